The highest BCUT2D eigenvalue weighted by molar-refractivity contribution is 7.22. The van der Waals surface area contributed by atoms with Crippen molar-refractivity contribution in [2.75, 3.05) is 42.3 Å². The number of aliphatic hydroxyl groups excluding tert-OH is 1. The lowest BCUT2D eigenvalue weighted by Crippen LogP contribution is -2.09. The van der Waals surface area contributed by atoms with E-state index in [0.29, 0.717) is 38.7 Å². The lowest BCUT2D eigenvalue weighted by molar-refractivity contribution is 0.130. The largest absolute Gasteiger partial charge is 0.396 e. The van der Waals surface area contributed by atoms with Crippen LogP contribution in [-0.2, 0) is 11.3 Å². The smallest absolute Gasteiger partial charge is 0.229 e. The van der Waals surface area contributed by atoms with Crippen molar-refractivity contribution in [1.29, 1.82) is 0 Å². The van der Waals surface area contributed by atoms with Gasteiger partial charge in [0.05, 0.1) is 28.9 Å². The van der Waals surface area contributed by atoms with E-state index in [4.69, 9.17) is 19.8 Å². The van der Waals surface area contributed by atoms with E-state index in [1.165, 1.54) is 5.56 Å². The van der Waals surface area contributed by atoms with Crippen LogP contribution in [0.1, 0.15) is 17.5 Å². The maximum absolute atomic E-state index is 9.15. The molecule has 0 amide bonds. The Bertz CT molecular complexity index is 1470. The van der Waals surface area contributed by atoms with Crippen molar-refractivity contribution in [2.45, 2.75) is 20.0 Å². The van der Waals surface area contributed by atoms with Crippen molar-refractivity contribution in [3.63, 3.8) is 0 Å². The van der Waals surface area contributed by atoms with E-state index < -0.39 is 0 Å². The first kappa shape index (κ1) is 24.9. The zero-order valence-corrected chi connectivity index (χ0v) is 21.5. The third-order valence-electron chi connectivity index (χ3n) is 5.76. The monoisotopic (exact) mass is 514 g/mol. The molecule has 0 radical (unpaired) electrons. The number of nitrogens with one attached hydrogen (secondary N) is 3. The maximum Gasteiger partial charge on any atom is 0.229 e. The van der Waals surface area contributed by atoms with Gasteiger partial charge in [0.1, 0.15) is 5.82 Å². The van der Waals surface area contributed by atoms with Crippen molar-refractivity contribution in [1.82, 2.24) is 15.0 Å². The minimum Gasteiger partial charge on any atom is -0.396 e. The Labute approximate surface area is 219 Å². The number of aromatic nitrogens is 3. The zero-order valence-electron chi connectivity index (χ0n) is 20.7. The second-order valence-electron chi connectivity index (χ2n) is 8.71. The number of aliphatic hydroxyl groups is 1. The maximum atomic E-state index is 9.15. The number of thiazole rings is 1. The molecular formula is C28H30N6O2S. The van der Waals surface area contributed by atoms with Gasteiger partial charge in [0.25, 0.3) is 0 Å². The highest BCUT2D eigenvalue weighted by Crippen LogP contribution is 2.30. The van der Waals surface area contributed by atoms with Crippen LogP contribution in [0.5, 0.6) is 0 Å². The fourth-order valence-corrected chi connectivity index (χ4v) is 4.85. The molecule has 5 aromatic rings. The quantitative estimate of drug-likeness (QED) is 0.157. The summed E-state index contributed by atoms with van der Waals surface area (Å²) >= 11 is 1.60. The molecule has 0 aliphatic heterocycles. The lowest BCUT2D eigenvalue weighted by Gasteiger charge is -2.12. The number of anilines is 4. The summed E-state index contributed by atoms with van der Waals surface area (Å²) in [5.74, 6) is 1.27. The van der Waals surface area contributed by atoms with Crippen molar-refractivity contribution < 1.29 is 9.84 Å². The number of nitrogens with zero attached hydrogens (tertiary/aromatic N) is 3. The van der Waals surface area contributed by atoms with Crippen molar-refractivity contribution in [3.05, 3.63) is 77.9 Å². The Hall–Kier alpha value is -3.79. The summed E-state index contributed by atoms with van der Waals surface area (Å²) in [6.07, 6.45) is 0.650. The number of fused-ring (bicyclic) bond motifs is 2. The first-order chi connectivity index (χ1) is 18.2. The van der Waals surface area contributed by atoms with Crippen LogP contribution in [0.25, 0.3) is 21.1 Å². The van der Waals surface area contributed by atoms with Gasteiger partial charge >= 0.3 is 0 Å². The van der Waals surface area contributed by atoms with Crippen LogP contribution in [0.15, 0.2) is 66.7 Å². The fraction of sp³-hybridized carbons (Fsp3) is 0.250. The van der Waals surface area contributed by atoms with E-state index in [2.05, 4.69) is 45.2 Å². The Balaban J connectivity index is 1.24. The average Bonchev–Trinajstić information content (AvgIpc) is 3.31. The second-order valence-corrected chi connectivity index (χ2v) is 9.74. The predicted octanol–water partition coefficient (Wildman–Crippen LogP) is 5.71. The molecule has 0 spiro atoms. The van der Waals surface area contributed by atoms with Gasteiger partial charge in [-0.25, -0.2) is 9.97 Å². The van der Waals surface area contributed by atoms with E-state index in [1.807, 2.05) is 49.4 Å². The van der Waals surface area contributed by atoms with Crippen LogP contribution < -0.4 is 16.0 Å². The molecule has 5 rings (SSSR count). The molecule has 0 aliphatic rings. The van der Waals surface area contributed by atoms with Crippen LogP contribution in [0.3, 0.4) is 0 Å². The first-order valence-electron chi connectivity index (χ1n) is 12.3. The number of benzene rings is 3. The summed E-state index contributed by atoms with van der Waals surface area (Å²) in [7, 11) is 0. The van der Waals surface area contributed by atoms with E-state index in [0.717, 1.165) is 43.3 Å². The Morgan fingerprint density at radius 3 is 2.62 bits per heavy atom. The van der Waals surface area contributed by atoms with E-state index in [9.17, 15) is 0 Å². The number of rotatable bonds is 12. The van der Waals surface area contributed by atoms with Crippen molar-refractivity contribution >= 4 is 55.0 Å². The Morgan fingerprint density at radius 1 is 0.892 bits per heavy atom. The molecule has 37 heavy (non-hydrogen) atoms. The fourth-order valence-electron chi connectivity index (χ4n) is 3.92. The van der Waals surface area contributed by atoms with Gasteiger partial charge in [0, 0.05) is 30.8 Å². The topological polar surface area (TPSA) is 104 Å². The van der Waals surface area contributed by atoms with Gasteiger partial charge in [-0.2, -0.15) is 4.98 Å². The zero-order chi connectivity index (χ0) is 25.5. The van der Waals surface area contributed by atoms with Gasteiger partial charge < -0.3 is 25.8 Å². The first-order valence-corrected chi connectivity index (χ1v) is 13.2. The van der Waals surface area contributed by atoms with Gasteiger partial charge in [-0.05, 0) is 49.2 Å². The molecule has 0 fully saturated rings. The molecule has 9 heteroatoms. The summed E-state index contributed by atoms with van der Waals surface area (Å²) in [4.78, 5) is 14.1. The van der Waals surface area contributed by atoms with Crippen LogP contribution in [-0.4, -0.2) is 46.4 Å². The molecule has 3 aromatic carbocycles. The third kappa shape index (κ3) is 6.51. The molecule has 4 N–H and O–H groups in total. The Morgan fingerprint density at radius 2 is 1.76 bits per heavy atom. The lowest BCUT2D eigenvalue weighted by atomic mass is 10.1. The predicted molar refractivity (Wildman–Crippen MR) is 152 cm³/mol. The van der Waals surface area contributed by atoms with E-state index in [1.54, 1.807) is 11.3 Å². The molecule has 0 aliphatic carbocycles. The SMILES string of the molecule is Cc1ccc2nc(Nc3ccc4nc(NCCOCc5ccccc5)sc4c3)nc(NCCCO)c2c1. The molecule has 2 heterocycles. The van der Waals surface area contributed by atoms with Gasteiger partial charge in [-0.3, -0.25) is 0 Å². The van der Waals surface area contributed by atoms with Crippen LogP contribution in [0, 0.1) is 6.92 Å². The van der Waals surface area contributed by atoms with Gasteiger partial charge in [-0.1, -0.05) is 53.3 Å². The molecule has 190 valence electrons. The minimum atomic E-state index is 0.132. The second kappa shape index (κ2) is 12.0. The number of aryl methyl sites for hydroxylation is 1. The minimum absolute atomic E-state index is 0.132. The van der Waals surface area contributed by atoms with Crippen molar-refractivity contribution in [3.8, 4) is 0 Å². The standard InChI is InChI=1S/C28H30N6O2S/c1-19-8-10-23-22(16-19)26(29-12-5-14-35)34-27(32-23)31-21-9-11-24-25(17-21)37-28(33-24)30-13-15-36-18-20-6-3-2-4-7-20/h2-4,6-11,16-17,35H,5,12-15,18H2,1H3,(H,30,33)(H2,29,31,32,34). The molecule has 0 saturated heterocycles. The summed E-state index contributed by atoms with van der Waals surface area (Å²) < 4.78 is 6.82. The Kier molecular flexibility index (Phi) is 8.05. The number of hydrogen-bond donors (Lipinski definition) is 4. The summed E-state index contributed by atoms with van der Waals surface area (Å²) in [5.41, 5.74) is 4.99. The molecular weight excluding hydrogens is 484 g/mol. The van der Waals surface area contributed by atoms with Crippen LogP contribution in [0.2, 0.25) is 0 Å². The van der Waals surface area contributed by atoms with Gasteiger partial charge in [0.15, 0.2) is 5.13 Å². The van der Waals surface area contributed by atoms with Gasteiger partial charge in [0.2, 0.25) is 5.95 Å². The van der Waals surface area contributed by atoms with E-state index in [-0.39, 0.29) is 6.61 Å². The average molecular weight is 515 g/mol. The number of ether oxygens (including phenoxy) is 1. The summed E-state index contributed by atoms with van der Waals surface area (Å²) in [5, 5.41) is 21.0. The van der Waals surface area contributed by atoms with Crippen LogP contribution >= 0.6 is 11.3 Å². The van der Waals surface area contributed by atoms with Gasteiger partial charge in [-0.15, -0.1) is 0 Å². The number of hydrogen-bond acceptors (Lipinski definition) is 9. The summed E-state index contributed by atoms with van der Waals surface area (Å²) in [6, 6.07) is 22.3. The molecule has 0 bridgehead atoms. The summed E-state index contributed by atoms with van der Waals surface area (Å²) in [6.45, 7) is 4.71. The molecule has 0 unspecified atom stereocenters. The van der Waals surface area contributed by atoms with E-state index >= 15 is 0 Å². The molecule has 8 nitrogen and oxygen atoms in total. The van der Waals surface area contributed by atoms with Crippen LogP contribution in [0.4, 0.5) is 22.6 Å². The van der Waals surface area contributed by atoms with Crippen molar-refractivity contribution in [2.24, 2.45) is 0 Å². The molecule has 0 atom stereocenters. The molecule has 2 aromatic heterocycles. The normalized spacial score (nSPS) is 11.2. The highest BCUT2D eigenvalue weighted by atomic mass is 32.1. The highest BCUT2D eigenvalue weighted by Gasteiger charge is 2.10. The third-order valence-corrected chi connectivity index (χ3v) is 6.73. The molecule has 0 saturated carbocycles.